The molecular weight excluding hydrogens is 607 g/mol. The number of benzene rings is 6. The molecule has 6 aromatic carbocycles. The number of fused-ring (bicyclic) bond motifs is 13. The Kier molecular flexibility index (Phi) is 4.70. The molecular formula is C48H37NO. The lowest BCUT2D eigenvalue weighted by atomic mass is 9.43. The molecule has 6 bridgehead atoms. The molecule has 4 saturated carbocycles. The highest BCUT2D eigenvalue weighted by Crippen LogP contribution is 2.72. The SMILES string of the molecule is CC12c3cc4c(c(c3)N(c3cccc5c3oc3ccccc35)c3cccc(c31)-c1ccccc12)C1(c2ccccc2-4)C2CC3CC(C2)CC1C3. The Bertz CT molecular complexity index is 2630. The third-order valence-electron chi connectivity index (χ3n) is 14.6. The minimum atomic E-state index is -0.294. The van der Waals surface area contributed by atoms with Gasteiger partial charge in [-0.2, -0.15) is 0 Å². The molecule has 14 rings (SSSR count). The van der Waals surface area contributed by atoms with Crippen LogP contribution in [-0.2, 0) is 10.8 Å². The minimum Gasteiger partial charge on any atom is -0.454 e. The van der Waals surface area contributed by atoms with Gasteiger partial charge < -0.3 is 9.32 Å². The molecule has 1 aliphatic heterocycles. The van der Waals surface area contributed by atoms with Crippen molar-refractivity contribution in [1.82, 2.24) is 0 Å². The van der Waals surface area contributed by atoms with Crippen molar-refractivity contribution in [3.8, 4) is 22.3 Å². The van der Waals surface area contributed by atoms with Crippen LogP contribution in [0.5, 0.6) is 0 Å². The molecule has 2 heteroatoms. The fourth-order valence-electron chi connectivity index (χ4n) is 13.1. The summed E-state index contributed by atoms with van der Waals surface area (Å²) in [5.41, 5.74) is 18.6. The van der Waals surface area contributed by atoms with Crippen LogP contribution in [0.4, 0.5) is 17.1 Å². The van der Waals surface area contributed by atoms with Crippen molar-refractivity contribution in [2.24, 2.45) is 23.7 Å². The summed E-state index contributed by atoms with van der Waals surface area (Å²) >= 11 is 0. The van der Waals surface area contributed by atoms with Crippen molar-refractivity contribution >= 4 is 39.0 Å². The number of furan rings is 1. The van der Waals surface area contributed by atoms with E-state index < -0.39 is 0 Å². The van der Waals surface area contributed by atoms with Crippen LogP contribution in [0.2, 0.25) is 0 Å². The number of hydrogen-bond donors (Lipinski definition) is 0. The highest BCUT2D eigenvalue weighted by Gasteiger charge is 2.63. The van der Waals surface area contributed by atoms with Gasteiger partial charge >= 0.3 is 0 Å². The van der Waals surface area contributed by atoms with Crippen LogP contribution >= 0.6 is 0 Å². The van der Waals surface area contributed by atoms with Crippen LogP contribution < -0.4 is 4.90 Å². The molecule has 1 spiro atoms. The lowest BCUT2D eigenvalue weighted by molar-refractivity contribution is -0.0397. The fourth-order valence-corrected chi connectivity index (χ4v) is 13.1. The molecule has 0 amide bonds. The van der Waals surface area contributed by atoms with E-state index in [-0.39, 0.29) is 10.8 Å². The van der Waals surface area contributed by atoms with Crippen LogP contribution in [-0.4, -0.2) is 0 Å². The Morgan fingerprint density at radius 1 is 0.540 bits per heavy atom. The zero-order valence-electron chi connectivity index (χ0n) is 28.2. The lowest BCUT2D eigenvalue weighted by Crippen LogP contribution is -2.55. The topological polar surface area (TPSA) is 16.4 Å². The van der Waals surface area contributed by atoms with E-state index in [1.807, 2.05) is 0 Å². The van der Waals surface area contributed by atoms with Crippen molar-refractivity contribution in [2.45, 2.75) is 49.9 Å². The maximum atomic E-state index is 6.90. The van der Waals surface area contributed by atoms with Crippen LogP contribution in [0.3, 0.4) is 0 Å². The van der Waals surface area contributed by atoms with E-state index in [1.165, 1.54) is 93.2 Å². The predicted molar refractivity (Wildman–Crippen MR) is 203 cm³/mol. The van der Waals surface area contributed by atoms with Gasteiger partial charge in [-0.1, -0.05) is 91.0 Å². The smallest absolute Gasteiger partial charge is 0.159 e. The van der Waals surface area contributed by atoms with Gasteiger partial charge in [0.25, 0.3) is 0 Å². The van der Waals surface area contributed by atoms with E-state index >= 15 is 0 Å². The van der Waals surface area contributed by atoms with Crippen LogP contribution in [0.25, 0.3) is 44.2 Å². The molecule has 50 heavy (non-hydrogen) atoms. The second-order valence-electron chi connectivity index (χ2n) is 16.6. The van der Waals surface area contributed by atoms with Gasteiger partial charge in [0.05, 0.1) is 17.1 Å². The number of anilines is 3. The first-order chi connectivity index (χ1) is 24.6. The molecule has 1 unspecified atom stereocenters. The maximum absolute atomic E-state index is 6.90. The quantitative estimate of drug-likeness (QED) is 0.177. The number of nitrogens with zero attached hydrogens (tertiary/aromatic N) is 1. The molecule has 4 fully saturated rings. The molecule has 1 atom stereocenters. The average Bonchev–Trinajstić information content (AvgIpc) is 3.75. The van der Waals surface area contributed by atoms with Crippen molar-refractivity contribution in [3.63, 3.8) is 0 Å². The Balaban J connectivity index is 1.21. The largest absolute Gasteiger partial charge is 0.454 e. The molecule has 2 heterocycles. The fraction of sp³-hybridized carbons (Fsp3) is 0.250. The van der Waals surface area contributed by atoms with Crippen molar-refractivity contribution < 1.29 is 4.42 Å². The van der Waals surface area contributed by atoms with E-state index in [2.05, 4.69) is 133 Å². The third-order valence-corrected chi connectivity index (χ3v) is 14.6. The minimum absolute atomic E-state index is 0.0355. The van der Waals surface area contributed by atoms with Gasteiger partial charge in [0.2, 0.25) is 0 Å². The first kappa shape index (κ1) is 26.7. The second-order valence-corrected chi connectivity index (χ2v) is 16.6. The van der Waals surface area contributed by atoms with Crippen LogP contribution in [0.15, 0.2) is 126 Å². The zero-order valence-corrected chi connectivity index (χ0v) is 28.2. The van der Waals surface area contributed by atoms with Crippen LogP contribution in [0.1, 0.15) is 66.8 Å². The highest BCUT2D eigenvalue weighted by atomic mass is 16.3. The standard InChI is InChI=1S/C48H37NO/c1-47-29-25-37-33-11-3-6-16-39(33)48(30-21-27-20-28(23-30)24-31(48)22-27)45(37)42(26-29)49(40-17-8-13-35(44(40)47)32-10-2-5-15-38(32)47)41-18-9-14-36-34-12-4-7-19-43(34)50-46(36)41/h2-19,25-28,30-31H,20-24H2,1H3. The Labute approximate surface area is 292 Å². The normalized spacial score (nSPS) is 28.6. The van der Waals surface area contributed by atoms with Gasteiger partial charge in [-0.25, -0.2) is 0 Å². The first-order valence-corrected chi connectivity index (χ1v) is 18.9. The van der Waals surface area contributed by atoms with Gasteiger partial charge in [0, 0.05) is 21.6 Å². The molecule has 0 N–H and O–H groups in total. The van der Waals surface area contributed by atoms with Crippen molar-refractivity contribution in [1.29, 1.82) is 0 Å². The van der Waals surface area contributed by atoms with Crippen molar-refractivity contribution in [2.75, 3.05) is 4.90 Å². The van der Waals surface area contributed by atoms with E-state index in [0.717, 1.165) is 28.7 Å². The van der Waals surface area contributed by atoms with E-state index in [4.69, 9.17) is 4.42 Å². The first-order valence-electron chi connectivity index (χ1n) is 18.9. The van der Waals surface area contributed by atoms with Crippen LogP contribution in [0, 0.1) is 23.7 Å². The summed E-state index contributed by atoms with van der Waals surface area (Å²) in [4.78, 5) is 2.67. The van der Waals surface area contributed by atoms with Gasteiger partial charge in [-0.15, -0.1) is 0 Å². The second kappa shape index (κ2) is 8.79. The molecule has 2 nitrogen and oxygen atoms in total. The average molecular weight is 644 g/mol. The summed E-state index contributed by atoms with van der Waals surface area (Å²) in [6, 6.07) is 46.4. The van der Waals surface area contributed by atoms with Crippen molar-refractivity contribution in [3.05, 3.63) is 149 Å². The molecule has 0 radical (unpaired) electrons. The number of rotatable bonds is 1. The molecule has 0 saturated heterocycles. The predicted octanol–water partition coefficient (Wildman–Crippen LogP) is 12.4. The Morgan fingerprint density at radius 2 is 1.18 bits per heavy atom. The van der Waals surface area contributed by atoms with Gasteiger partial charge in [0.15, 0.2) is 5.58 Å². The number of hydrogen-bond acceptors (Lipinski definition) is 2. The van der Waals surface area contributed by atoms with Gasteiger partial charge in [-0.05, 0) is 143 Å². The van der Waals surface area contributed by atoms with E-state index in [9.17, 15) is 0 Å². The molecule has 1 aromatic heterocycles. The summed E-state index contributed by atoms with van der Waals surface area (Å²) < 4.78 is 6.90. The molecule has 6 aliphatic carbocycles. The highest BCUT2D eigenvalue weighted by molar-refractivity contribution is 6.11. The molecule has 7 aliphatic rings. The van der Waals surface area contributed by atoms with Gasteiger partial charge in [0.1, 0.15) is 5.58 Å². The summed E-state index contributed by atoms with van der Waals surface area (Å²) in [7, 11) is 0. The number of para-hydroxylation sites is 2. The zero-order chi connectivity index (χ0) is 32.5. The van der Waals surface area contributed by atoms with E-state index in [1.54, 1.807) is 11.1 Å². The lowest BCUT2D eigenvalue weighted by Gasteiger charge is -2.61. The maximum Gasteiger partial charge on any atom is 0.159 e. The summed E-state index contributed by atoms with van der Waals surface area (Å²) in [5, 5.41) is 2.36. The van der Waals surface area contributed by atoms with E-state index in [0.29, 0.717) is 11.8 Å². The summed E-state index contributed by atoms with van der Waals surface area (Å²) in [6.45, 7) is 2.50. The molecule has 7 aromatic rings. The Hall–Kier alpha value is -5.08. The van der Waals surface area contributed by atoms with Gasteiger partial charge in [-0.3, -0.25) is 0 Å². The third kappa shape index (κ3) is 2.88. The summed E-state index contributed by atoms with van der Waals surface area (Å²) in [5.74, 6) is 3.15. The summed E-state index contributed by atoms with van der Waals surface area (Å²) in [6.07, 6.45) is 6.93. The molecule has 240 valence electrons. The monoisotopic (exact) mass is 643 g/mol. The Morgan fingerprint density at radius 3 is 2.00 bits per heavy atom.